The van der Waals surface area contributed by atoms with Crippen LogP contribution in [0.2, 0.25) is 0 Å². The van der Waals surface area contributed by atoms with E-state index in [1.165, 1.54) is 0 Å². The van der Waals surface area contributed by atoms with Crippen molar-refractivity contribution < 1.29 is 9.53 Å². The summed E-state index contributed by atoms with van der Waals surface area (Å²) in [6.07, 6.45) is 5.93. The maximum absolute atomic E-state index is 12.3. The molecule has 3 aromatic rings. The van der Waals surface area contributed by atoms with Gasteiger partial charge in [-0.1, -0.05) is 42.5 Å². The fourth-order valence-corrected chi connectivity index (χ4v) is 2.60. The fourth-order valence-electron chi connectivity index (χ4n) is 2.60. The molecule has 2 aromatic carbocycles. The van der Waals surface area contributed by atoms with Crippen molar-refractivity contribution in [1.29, 1.82) is 0 Å². The lowest BCUT2D eigenvalue weighted by molar-refractivity contribution is -0.115. The number of amides is 1. The molecule has 130 valence electrons. The molecular weight excluding hydrogens is 324 g/mol. The minimum Gasteiger partial charge on any atom is -0.496 e. The number of methoxy groups -OCH3 is 1. The number of aromatic nitrogens is 1. The van der Waals surface area contributed by atoms with E-state index in [9.17, 15) is 4.79 Å². The molecule has 26 heavy (non-hydrogen) atoms. The summed E-state index contributed by atoms with van der Waals surface area (Å²) >= 11 is 0. The van der Waals surface area contributed by atoms with Crippen LogP contribution in [0.25, 0.3) is 12.2 Å². The van der Waals surface area contributed by atoms with E-state index in [1.54, 1.807) is 13.3 Å². The Morgan fingerprint density at radius 2 is 1.88 bits per heavy atom. The maximum atomic E-state index is 12.3. The summed E-state index contributed by atoms with van der Waals surface area (Å²) in [5.41, 5.74) is 3.50. The zero-order chi connectivity index (χ0) is 18.2. The molecule has 1 heterocycles. The summed E-state index contributed by atoms with van der Waals surface area (Å²) in [4.78, 5) is 16.6. The summed E-state index contributed by atoms with van der Waals surface area (Å²) in [7, 11) is 1.61. The fraction of sp³-hybridized carbons (Fsp3) is 0.0909. The lowest BCUT2D eigenvalue weighted by Gasteiger charge is -2.09. The van der Waals surface area contributed by atoms with Crippen LogP contribution in [0.3, 0.4) is 0 Å². The number of benzene rings is 2. The monoisotopic (exact) mass is 344 g/mol. The number of nitrogens with one attached hydrogen (secondary N) is 1. The van der Waals surface area contributed by atoms with Gasteiger partial charge in [0.15, 0.2) is 0 Å². The van der Waals surface area contributed by atoms with Gasteiger partial charge in [0.2, 0.25) is 5.91 Å². The van der Waals surface area contributed by atoms with E-state index in [0.29, 0.717) is 0 Å². The summed E-state index contributed by atoms with van der Waals surface area (Å²) in [5.74, 6) is 0.634. The molecule has 1 aromatic heterocycles. The van der Waals surface area contributed by atoms with Crippen molar-refractivity contribution in [3.63, 3.8) is 0 Å². The molecule has 0 bridgehead atoms. The van der Waals surface area contributed by atoms with Crippen LogP contribution < -0.4 is 10.1 Å². The number of hydrogen-bond acceptors (Lipinski definition) is 3. The predicted molar refractivity (Wildman–Crippen MR) is 105 cm³/mol. The zero-order valence-corrected chi connectivity index (χ0v) is 14.6. The number of hydrogen-bond donors (Lipinski definition) is 1. The first-order valence-corrected chi connectivity index (χ1v) is 8.35. The van der Waals surface area contributed by atoms with Crippen molar-refractivity contribution in [2.45, 2.75) is 6.42 Å². The molecule has 1 amide bonds. The van der Waals surface area contributed by atoms with E-state index in [2.05, 4.69) is 10.3 Å². The lowest BCUT2D eigenvalue weighted by Crippen LogP contribution is -2.14. The first kappa shape index (κ1) is 17.4. The van der Waals surface area contributed by atoms with Gasteiger partial charge in [-0.05, 0) is 42.0 Å². The van der Waals surface area contributed by atoms with Gasteiger partial charge < -0.3 is 10.1 Å². The molecule has 0 saturated carbocycles. The molecular formula is C22H20N2O2. The Morgan fingerprint density at radius 3 is 2.69 bits per heavy atom. The highest BCUT2D eigenvalue weighted by molar-refractivity contribution is 5.93. The van der Waals surface area contributed by atoms with E-state index in [0.717, 1.165) is 28.3 Å². The van der Waals surface area contributed by atoms with E-state index in [4.69, 9.17) is 4.74 Å². The summed E-state index contributed by atoms with van der Waals surface area (Å²) in [6, 6.07) is 21.0. The Hall–Kier alpha value is -3.40. The first-order chi connectivity index (χ1) is 12.7. The molecule has 0 unspecified atom stereocenters. The van der Waals surface area contributed by atoms with E-state index in [1.807, 2.05) is 78.9 Å². The lowest BCUT2D eigenvalue weighted by atomic mass is 10.1. The highest BCUT2D eigenvalue weighted by Gasteiger charge is 2.08. The van der Waals surface area contributed by atoms with Gasteiger partial charge in [0.25, 0.3) is 0 Å². The Kier molecular flexibility index (Phi) is 5.78. The van der Waals surface area contributed by atoms with Gasteiger partial charge in [-0.2, -0.15) is 0 Å². The predicted octanol–water partition coefficient (Wildman–Crippen LogP) is 4.44. The van der Waals surface area contributed by atoms with E-state index in [-0.39, 0.29) is 12.3 Å². The van der Waals surface area contributed by atoms with Crippen LogP contribution in [0.4, 0.5) is 5.69 Å². The van der Waals surface area contributed by atoms with E-state index < -0.39 is 0 Å². The van der Waals surface area contributed by atoms with Crippen LogP contribution in [0, 0.1) is 0 Å². The molecule has 0 spiro atoms. The average molecular weight is 344 g/mol. The molecule has 1 N–H and O–H groups in total. The van der Waals surface area contributed by atoms with Crippen LogP contribution in [-0.2, 0) is 11.2 Å². The minimum atomic E-state index is -0.0830. The van der Waals surface area contributed by atoms with Crippen LogP contribution in [-0.4, -0.2) is 18.0 Å². The first-order valence-electron chi connectivity index (χ1n) is 8.35. The second-order valence-electron chi connectivity index (χ2n) is 5.75. The van der Waals surface area contributed by atoms with Gasteiger partial charge >= 0.3 is 0 Å². The van der Waals surface area contributed by atoms with Gasteiger partial charge in [0, 0.05) is 17.4 Å². The molecule has 0 aliphatic carbocycles. The summed E-state index contributed by atoms with van der Waals surface area (Å²) in [5, 5.41) is 2.94. The zero-order valence-electron chi connectivity index (χ0n) is 14.6. The van der Waals surface area contributed by atoms with Gasteiger partial charge in [0.1, 0.15) is 5.75 Å². The van der Waals surface area contributed by atoms with Crippen molar-refractivity contribution in [3.8, 4) is 5.75 Å². The topological polar surface area (TPSA) is 51.2 Å². The number of para-hydroxylation sites is 1. The molecule has 0 atom stereocenters. The molecule has 0 fully saturated rings. The van der Waals surface area contributed by atoms with Crippen LogP contribution in [0.1, 0.15) is 16.8 Å². The van der Waals surface area contributed by atoms with Crippen molar-refractivity contribution >= 4 is 23.7 Å². The molecule has 4 nitrogen and oxygen atoms in total. The molecule has 4 heteroatoms. The van der Waals surface area contributed by atoms with Crippen LogP contribution in [0.15, 0.2) is 72.9 Å². The summed E-state index contributed by atoms with van der Waals surface area (Å²) < 4.78 is 5.29. The third-order valence-electron chi connectivity index (χ3n) is 3.85. The number of carbonyl (C=O) groups is 1. The molecule has 0 radical (unpaired) electrons. The number of carbonyl (C=O) groups excluding carboxylic acids is 1. The van der Waals surface area contributed by atoms with Gasteiger partial charge in [-0.15, -0.1) is 0 Å². The molecule has 3 rings (SSSR count). The number of anilines is 1. The maximum Gasteiger partial charge on any atom is 0.228 e. The third kappa shape index (κ3) is 4.80. The second kappa shape index (κ2) is 8.62. The van der Waals surface area contributed by atoms with Crippen molar-refractivity contribution in [2.75, 3.05) is 12.4 Å². The summed E-state index contributed by atoms with van der Waals surface area (Å²) in [6.45, 7) is 0. The van der Waals surface area contributed by atoms with Crippen molar-refractivity contribution in [1.82, 2.24) is 4.98 Å². The highest BCUT2D eigenvalue weighted by atomic mass is 16.5. The Bertz CT molecular complexity index is 905. The SMILES string of the molecule is COc1ccccc1CC(=O)Nc1cccc(C=Cc2ccccn2)c1. The van der Waals surface area contributed by atoms with Gasteiger partial charge in [-0.25, -0.2) is 0 Å². The van der Waals surface area contributed by atoms with Crippen LogP contribution >= 0.6 is 0 Å². The molecule has 0 saturated heterocycles. The van der Waals surface area contributed by atoms with Gasteiger partial charge in [-0.3, -0.25) is 9.78 Å². The van der Waals surface area contributed by atoms with Crippen LogP contribution in [0.5, 0.6) is 5.75 Å². The smallest absolute Gasteiger partial charge is 0.228 e. The Morgan fingerprint density at radius 1 is 1.04 bits per heavy atom. The third-order valence-corrected chi connectivity index (χ3v) is 3.85. The highest BCUT2D eigenvalue weighted by Crippen LogP contribution is 2.19. The number of pyridine rings is 1. The number of ether oxygens (including phenoxy) is 1. The van der Waals surface area contributed by atoms with E-state index >= 15 is 0 Å². The largest absolute Gasteiger partial charge is 0.496 e. The Labute approximate surface area is 153 Å². The number of nitrogens with zero attached hydrogens (tertiary/aromatic N) is 1. The van der Waals surface area contributed by atoms with Crippen molar-refractivity contribution in [3.05, 3.63) is 89.7 Å². The normalized spacial score (nSPS) is 10.7. The quantitative estimate of drug-likeness (QED) is 0.719. The molecule has 0 aliphatic heterocycles. The average Bonchev–Trinajstić information content (AvgIpc) is 2.68. The Balaban J connectivity index is 1.66. The van der Waals surface area contributed by atoms with Gasteiger partial charge in [0.05, 0.1) is 19.2 Å². The minimum absolute atomic E-state index is 0.0830. The standard InChI is InChI=1S/C22H20N2O2/c1-26-21-11-3-2-8-18(21)16-22(25)24-20-10-6-7-17(15-20)12-13-19-9-4-5-14-23-19/h2-15H,16H2,1H3,(H,24,25). The number of rotatable bonds is 6. The van der Waals surface area contributed by atoms with Crippen molar-refractivity contribution in [2.24, 2.45) is 0 Å². The second-order valence-corrected chi connectivity index (χ2v) is 5.75. The molecule has 0 aliphatic rings.